The molecule has 1 fully saturated rings. The van der Waals surface area contributed by atoms with Crippen LogP contribution in [0.1, 0.15) is 39.9 Å². The molecule has 1 aliphatic heterocycles. The molecule has 2 N–H and O–H groups in total. The number of alkyl halides is 3. The molecule has 0 bridgehead atoms. The number of benzene rings is 3. The quantitative estimate of drug-likeness (QED) is 0.182. The van der Waals surface area contributed by atoms with Crippen molar-refractivity contribution < 1.29 is 37.8 Å². The van der Waals surface area contributed by atoms with E-state index in [-0.39, 0.29) is 53.5 Å². The van der Waals surface area contributed by atoms with Crippen LogP contribution < -0.4 is 4.74 Å². The van der Waals surface area contributed by atoms with Crippen molar-refractivity contribution in [2.45, 2.75) is 44.2 Å². The number of likely N-dealkylation sites (tertiary alicyclic amines) is 1. The number of hydrogen-bond acceptors (Lipinski definition) is 6. The van der Waals surface area contributed by atoms with E-state index < -0.39 is 29.2 Å². The van der Waals surface area contributed by atoms with Gasteiger partial charge in [-0.1, -0.05) is 36.4 Å². The summed E-state index contributed by atoms with van der Waals surface area (Å²) in [4.78, 5) is 23.8. The van der Waals surface area contributed by atoms with E-state index in [1.807, 2.05) is 0 Å². The maximum atomic E-state index is 14.8. The number of carboxylic acids is 1. The topological polar surface area (TPSA) is 118 Å². The molecule has 0 spiro atoms. The van der Waals surface area contributed by atoms with Crippen LogP contribution in [0.5, 0.6) is 5.75 Å². The van der Waals surface area contributed by atoms with Crippen LogP contribution in [0, 0.1) is 17.0 Å². The number of carbonyl (C=O) groups is 1. The average Bonchev–Trinajstić information content (AvgIpc) is 3.33. The SMILES string of the molecule is Cc1c(OC2CCN(CC(O)(c3cn(Cc4ccccc4)c4cc([N+](=O)[O-])ccc34)C(F)(F)F)CC2)cccc1C(=O)O. The summed E-state index contributed by atoms with van der Waals surface area (Å²) in [6.45, 7) is 1.46. The van der Waals surface area contributed by atoms with Gasteiger partial charge in [-0.15, -0.1) is 0 Å². The molecule has 0 saturated carbocycles. The van der Waals surface area contributed by atoms with Crippen LogP contribution in [0.25, 0.3) is 10.9 Å². The predicted octanol–water partition coefficient (Wildman–Crippen LogP) is 5.90. The van der Waals surface area contributed by atoms with Crippen molar-refractivity contribution in [2.75, 3.05) is 19.6 Å². The molecule has 5 rings (SSSR count). The first kappa shape index (κ1) is 30.1. The van der Waals surface area contributed by atoms with Gasteiger partial charge < -0.3 is 19.5 Å². The highest BCUT2D eigenvalue weighted by Gasteiger charge is 2.57. The second-order valence-electron chi connectivity index (χ2n) is 10.8. The third-order valence-electron chi connectivity index (χ3n) is 7.98. The van der Waals surface area contributed by atoms with Gasteiger partial charge in [0.1, 0.15) is 11.9 Å². The van der Waals surface area contributed by atoms with Gasteiger partial charge in [0.2, 0.25) is 5.60 Å². The second kappa shape index (κ2) is 11.7. The molecular weight excluding hydrogens is 567 g/mol. The monoisotopic (exact) mass is 597 g/mol. The first-order valence-electron chi connectivity index (χ1n) is 13.7. The summed E-state index contributed by atoms with van der Waals surface area (Å²) in [5.74, 6) is -0.672. The van der Waals surface area contributed by atoms with E-state index in [0.29, 0.717) is 24.2 Å². The van der Waals surface area contributed by atoms with E-state index in [1.54, 1.807) is 49.4 Å². The van der Waals surface area contributed by atoms with Crippen molar-refractivity contribution in [1.29, 1.82) is 0 Å². The summed E-state index contributed by atoms with van der Waals surface area (Å²) < 4.78 is 51.8. The maximum Gasteiger partial charge on any atom is 0.422 e. The number of carboxylic acid groups (broad SMARTS) is 1. The summed E-state index contributed by atoms with van der Waals surface area (Å²) in [5.41, 5.74) is -2.34. The number of aromatic nitrogens is 1. The zero-order chi connectivity index (χ0) is 30.9. The Balaban J connectivity index is 1.41. The Hall–Kier alpha value is -4.42. The van der Waals surface area contributed by atoms with E-state index in [4.69, 9.17) is 4.74 Å². The van der Waals surface area contributed by atoms with Crippen molar-refractivity contribution >= 4 is 22.6 Å². The number of fused-ring (bicyclic) bond motifs is 1. The van der Waals surface area contributed by atoms with Crippen molar-refractivity contribution in [3.8, 4) is 5.75 Å². The van der Waals surface area contributed by atoms with Crippen LogP contribution in [-0.4, -0.2) is 62.5 Å². The van der Waals surface area contributed by atoms with Crippen molar-refractivity contribution in [3.63, 3.8) is 0 Å². The van der Waals surface area contributed by atoms with Crippen LogP contribution in [0.2, 0.25) is 0 Å². The van der Waals surface area contributed by atoms with E-state index in [2.05, 4.69) is 0 Å². The fourth-order valence-electron chi connectivity index (χ4n) is 5.62. The number of β-amino-alcohol motifs (C(OH)–C–C–N with tert-alkyl or cyclic N) is 1. The van der Waals surface area contributed by atoms with E-state index in [1.165, 1.54) is 33.9 Å². The molecule has 4 aromatic rings. The molecule has 9 nitrogen and oxygen atoms in total. The van der Waals surface area contributed by atoms with Gasteiger partial charge in [0.05, 0.1) is 16.0 Å². The molecular formula is C31H30F3N3O6. The van der Waals surface area contributed by atoms with Crippen molar-refractivity contribution in [1.82, 2.24) is 9.47 Å². The third-order valence-corrected chi connectivity index (χ3v) is 7.98. The zero-order valence-electron chi connectivity index (χ0n) is 23.3. The van der Waals surface area contributed by atoms with Crippen LogP contribution in [-0.2, 0) is 12.1 Å². The first-order chi connectivity index (χ1) is 20.4. The van der Waals surface area contributed by atoms with E-state index in [0.717, 1.165) is 11.6 Å². The molecule has 3 aromatic carbocycles. The normalized spacial score (nSPS) is 16.2. The number of nitrogens with zero attached hydrogens (tertiary/aromatic N) is 3. The van der Waals surface area contributed by atoms with Gasteiger partial charge in [-0.2, -0.15) is 13.2 Å². The summed E-state index contributed by atoms with van der Waals surface area (Å²) >= 11 is 0. The number of ether oxygens (including phenoxy) is 1. The predicted molar refractivity (Wildman–Crippen MR) is 152 cm³/mol. The molecule has 0 aliphatic carbocycles. The fourth-order valence-corrected chi connectivity index (χ4v) is 5.62. The summed E-state index contributed by atoms with van der Waals surface area (Å²) in [6.07, 6.45) is -3.42. The van der Waals surface area contributed by atoms with Crippen LogP contribution in [0.4, 0.5) is 18.9 Å². The molecule has 12 heteroatoms. The minimum atomic E-state index is -5.05. The van der Waals surface area contributed by atoms with E-state index >= 15 is 0 Å². The van der Waals surface area contributed by atoms with E-state index in [9.17, 15) is 38.3 Å². The van der Waals surface area contributed by atoms with Gasteiger partial charge in [0.25, 0.3) is 5.69 Å². The number of nitro benzene ring substituents is 1. The number of rotatable bonds is 9. The summed E-state index contributed by atoms with van der Waals surface area (Å²) in [5, 5.41) is 32.4. The first-order valence-corrected chi connectivity index (χ1v) is 13.7. The van der Waals surface area contributed by atoms with Crippen molar-refractivity contribution in [2.24, 2.45) is 0 Å². The van der Waals surface area contributed by atoms with Gasteiger partial charge in [0.15, 0.2) is 0 Å². The number of aliphatic hydroxyl groups is 1. The minimum absolute atomic E-state index is 0.0772. The maximum absolute atomic E-state index is 14.8. The van der Waals surface area contributed by atoms with Gasteiger partial charge >= 0.3 is 12.1 Å². The molecule has 1 unspecified atom stereocenters. The molecule has 43 heavy (non-hydrogen) atoms. The highest BCUT2D eigenvalue weighted by molar-refractivity contribution is 5.90. The van der Waals surface area contributed by atoms with Crippen LogP contribution in [0.3, 0.4) is 0 Å². The molecule has 226 valence electrons. The fraction of sp³-hybridized carbons (Fsp3) is 0.323. The lowest BCUT2D eigenvalue weighted by Gasteiger charge is -2.39. The Kier molecular flexibility index (Phi) is 8.17. The van der Waals surface area contributed by atoms with Crippen LogP contribution >= 0.6 is 0 Å². The molecule has 0 amide bonds. The molecule has 1 aromatic heterocycles. The summed E-state index contributed by atoms with van der Waals surface area (Å²) in [7, 11) is 0. The van der Waals surface area contributed by atoms with Gasteiger partial charge in [-0.3, -0.25) is 15.0 Å². The second-order valence-corrected chi connectivity index (χ2v) is 10.8. The molecule has 2 heterocycles. The zero-order valence-corrected chi connectivity index (χ0v) is 23.3. The largest absolute Gasteiger partial charge is 0.490 e. The minimum Gasteiger partial charge on any atom is -0.490 e. The third kappa shape index (κ3) is 6.06. The number of hydrogen-bond donors (Lipinski definition) is 2. The Morgan fingerprint density at radius 1 is 1.07 bits per heavy atom. The Morgan fingerprint density at radius 2 is 1.77 bits per heavy atom. The number of non-ortho nitro benzene ring substituents is 1. The van der Waals surface area contributed by atoms with Gasteiger partial charge in [-0.05, 0) is 43.5 Å². The Labute approximate surface area is 244 Å². The number of aromatic carboxylic acids is 1. The highest BCUT2D eigenvalue weighted by atomic mass is 19.4. The average molecular weight is 598 g/mol. The number of piperidine rings is 1. The summed E-state index contributed by atoms with van der Waals surface area (Å²) in [6, 6.07) is 17.3. The molecule has 1 aliphatic rings. The smallest absolute Gasteiger partial charge is 0.422 e. The van der Waals surface area contributed by atoms with Crippen LogP contribution in [0.15, 0.2) is 72.9 Å². The lowest BCUT2D eigenvalue weighted by molar-refractivity contribution is -0.384. The molecule has 0 radical (unpaired) electrons. The lowest BCUT2D eigenvalue weighted by Crippen LogP contribution is -2.53. The molecule has 1 saturated heterocycles. The van der Waals surface area contributed by atoms with Gasteiger partial charge in [0, 0.05) is 61.0 Å². The standard InChI is InChI=1S/C31H30F3N3O6/c1-20-24(29(38)39)8-5-9-28(20)43-23-12-14-35(15-13-23)19-30(40,31(32,33)34)26-18-36(17-21-6-3-2-4-7-21)27-16-22(37(41)42)10-11-25(26)27/h2-11,16,18,23,40H,12-15,17,19H2,1H3,(H,38,39). The number of nitro groups is 1. The molecule has 1 atom stereocenters. The Morgan fingerprint density at radius 3 is 2.40 bits per heavy atom. The highest BCUT2D eigenvalue weighted by Crippen LogP contribution is 2.44. The van der Waals surface area contributed by atoms with Gasteiger partial charge in [-0.25, -0.2) is 4.79 Å². The lowest BCUT2D eigenvalue weighted by atomic mass is 9.91. The Bertz CT molecular complexity index is 1650. The van der Waals surface area contributed by atoms with Crippen molar-refractivity contribution in [3.05, 3.63) is 105 Å². The number of halogens is 3.